The molecular weight excluding hydrogens is 296 g/mol. The van der Waals surface area contributed by atoms with Crippen LogP contribution in [-0.2, 0) is 23.7 Å². The molecule has 0 unspecified atom stereocenters. The molecule has 0 bridgehead atoms. The predicted molar refractivity (Wildman–Crippen MR) is 101 cm³/mol. The molecule has 0 aliphatic rings. The summed E-state index contributed by atoms with van der Waals surface area (Å²) in [5.74, 6) is 0.646. The third-order valence-corrected chi connectivity index (χ3v) is 4.39. The van der Waals surface area contributed by atoms with Crippen molar-refractivity contribution in [1.82, 2.24) is 0 Å². The first kappa shape index (κ1) is 18.4. The fourth-order valence-corrected chi connectivity index (χ4v) is 2.79. The zero-order valence-electron chi connectivity index (χ0n) is 15.8. The Bertz CT molecular complexity index is 652. The number of aryl methyl sites for hydroxylation is 2. The van der Waals surface area contributed by atoms with Gasteiger partial charge in [0.1, 0.15) is 11.5 Å². The van der Waals surface area contributed by atoms with E-state index in [9.17, 15) is 10.2 Å². The summed E-state index contributed by atoms with van der Waals surface area (Å²) >= 11 is 0. The van der Waals surface area contributed by atoms with E-state index in [2.05, 4.69) is 53.7 Å². The summed E-state index contributed by atoms with van der Waals surface area (Å²) < 4.78 is 0. The molecule has 0 aliphatic heterocycles. The standard InChI is InChI=1S/C22H30O2/c1-21(2,3)17-9-15(11-19(23)13-17)7-8-16-10-18(22(4,5)6)14-20(24)12-16/h9-14,23-24H,7-8H2,1-6H3. The van der Waals surface area contributed by atoms with Crippen molar-refractivity contribution in [3.05, 3.63) is 58.7 Å². The minimum absolute atomic E-state index is 0.0118. The largest absolute Gasteiger partial charge is 0.508 e. The maximum atomic E-state index is 10.0. The second-order valence-corrected chi connectivity index (χ2v) is 8.78. The Kier molecular flexibility index (Phi) is 4.98. The predicted octanol–water partition coefficient (Wildman–Crippen LogP) is 5.48. The Morgan fingerprint density at radius 3 is 1.21 bits per heavy atom. The van der Waals surface area contributed by atoms with Gasteiger partial charge >= 0.3 is 0 Å². The van der Waals surface area contributed by atoms with Gasteiger partial charge < -0.3 is 10.2 Å². The van der Waals surface area contributed by atoms with Crippen LogP contribution in [-0.4, -0.2) is 10.2 Å². The van der Waals surface area contributed by atoms with Crippen LogP contribution in [0.1, 0.15) is 63.8 Å². The van der Waals surface area contributed by atoms with E-state index in [1.807, 2.05) is 24.3 Å². The summed E-state index contributed by atoms with van der Waals surface area (Å²) in [7, 11) is 0. The Labute approximate surface area is 146 Å². The zero-order chi connectivity index (χ0) is 18.1. The van der Waals surface area contributed by atoms with Crippen molar-refractivity contribution in [3.8, 4) is 11.5 Å². The van der Waals surface area contributed by atoms with Crippen LogP contribution in [0.2, 0.25) is 0 Å². The second-order valence-electron chi connectivity index (χ2n) is 8.78. The molecule has 2 aromatic rings. The van der Waals surface area contributed by atoms with Crippen molar-refractivity contribution in [2.75, 3.05) is 0 Å². The highest BCUT2D eigenvalue weighted by Gasteiger charge is 2.17. The quantitative estimate of drug-likeness (QED) is 0.784. The van der Waals surface area contributed by atoms with Crippen LogP contribution in [0.25, 0.3) is 0 Å². The summed E-state index contributed by atoms with van der Waals surface area (Å²) in [6.07, 6.45) is 1.68. The Morgan fingerprint density at radius 2 is 0.917 bits per heavy atom. The number of benzene rings is 2. The zero-order valence-corrected chi connectivity index (χ0v) is 15.8. The van der Waals surface area contributed by atoms with Gasteiger partial charge in [-0.3, -0.25) is 0 Å². The normalized spacial score (nSPS) is 12.4. The van der Waals surface area contributed by atoms with Crippen LogP contribution in [0.3, 0.4) is 0 Å². The lowest BCUT2D eigenvalue weighted by Gasteiger charge is -2.21. The molecular formula is C22H30O2. The molecule has 2 heteroatoms. The average molecular weight is 326 g/mol. The molecule has 0 aliphatic carbocycles. The lowest BCUT2D eigenvalue weighted by atomic mass is 9.84. The number of hydrogen-bond acceptors (Lipinski definition) is 2. The van der Waals surface area contributed by atoms with E-state index in [4.69, 9.17) is 0 Å². The van der Waals surface area contributed by atoms with Gasteiger partial charge in [0, 0.05) is 0 Å². The van der Waals surface area contributed by atoms with E-state index < -0.39 is 0 Å². The molecule has 0 atom stereocenters. The molecule has 0 fully saturated rings. The minimum atomic E-state index is 0.0118. The maximum absolute atomic E-state index is 10.0. The number of phenols is 2. The highest BCUT2D eigenvalue weighted by molar-refractivity contribution is 5.39. The van der Waals surface area contributed by atoms with E-state index in [-0.39, 0.29) is 10.8 Å². The molecule has 2 rings (SSSR count). The van der Waals surface area contributed by atoms with Crippen molar-refractivity contribution >= 4 is 0 Å². The van der Waals surface area contributed by atoms with Crippen molar-refractivity contribution in [1.29, 1.82) is 0 Å². The summed E-state index contributed by atoms with van der Waals surface area (Å²) in [6.45, 7) is 12.9. The topological polar surface area (TPSA) is 40.5 Å². The molecule has 0 spiro atoms. The van der Waals surface area contributed by atoms with Gasteiger partial charge in [0.05, 0.1) is 0 Å². The van der Waals surface area contributed by atoms with Gasteiger partial charge in [0.25, 0.3) is 0 Å². The average Bonchev–Trinajstić information content (AvgIpc) is 2.42. The number of aromatic hydroxyl groups is 2. The minimum Gasteiger partial charge on any atom is -0.508 e. The Hall–Kier alpha value is -1.96. The molecule has 0 heterocycles. The Balaban J connectivity index is 2.23. The highest BCUT2D eigenvalue weighted by atomic mass is 16.3. The van der Waals surface area contributed by atoms with Crippen LogP contribution in [0.4, 0.5) is 0 Å². The molecule has 2 nitrogen and oxygen atoms in total. The van der Waals surface area contributed by atoms with Gasteiger partial charge in [-0.05, 0) is 70.2 Å². The summed E-state index contributed by atoms with van der Waals surface area (Å²) in [6, 6.07) is 11.7. The van der Waals surface area contributed by atoms with E-state index in [0.717, 1.165) is 35.1 Å². The summed E-state index contributed by atoms with van der Waals surface area (Å²) in [5.41, 5.74) is 4.56. The molecule has 0 amide bonds. The first-order valence-corrected chi connectivity index (χ1v) is 8.62. The van der Waals surface area contributed by atoms with Gasteiger partial charge in [0.15, 0.2) is 0 Å². The van der Waals surface area contributed by atoms with Crippen LogP contribution < -0.4 is 0 Å². The van der Waals surface area contributed by atoms with Crippen molar-refractivity contribution in [3.63, 3.8) is 0 Å². The lowest BCUT2D eigenvalue weighted by Crippen LogP contribution is -2.12. The molecule has 0 saturated carbocycles. The number of rotatable bonds is 3. The van der Waals surface area contributed by atoms with E-state index in [1.54, 1.807) is 0 Å². The third-order valence-electron chi connectivity index (χ3n) is 4.39. The molecule has 0 radical (unpaired) electrons. The third kappa shape index (κ3) is 4.77. The van der Waals surface area contributed by atoms with Crippen LogP contribution in [0, 0.1) is 0 Å². The van der Waals surface area contributed by atoms with Crippen LogP contribution >= 0.6 is 0 Å². The lowest BCUT2D eigenvalue weighted by molar-refractivity contribution is 0.468. The summed E-state index contributed by atoms with van der Waals surface area (Å²) in [4.78, 5) is 0. The van der Waals surface area contributed by atoms with Crippen molar-refractivity contribution in [2.24, 2.45) is 0 Å². The van der Waals surface area contributed by atoms with E-state index in [1.165, 1.54) is 0 Å². The van der Waals surface area contributed by atoms with Gasteiger partial charge in [-0.25, -0.2) is 0 Å². The maximum Gasteiger partial charge on any atom is 0.116 e. The Morgan fingerprint density at radius 1 is 0.583 bits per heavy atom. The molecule has 2 aromatic carbocycles. The smallest absolute Gasteiger partial charge is 0.116 e. The molecule has 24 heavy (non-hydrogen) atoms. The van der Waals surface area contributed by atoms with Gasteiger partial charge in [-0.2, -0.15) is 0 Å². The van der Waals surface area contributed by atoms with Gasteiger partial charge in [0.2, 0.25) is 0 Å². The monoisotopic (exact) mass is 326 g/mol. The van der Waals surface area contributed by atoms with Crippen LogP contribution in [0.15, 0.2) is 36.4 Å². The van der Waals surface area contributed by atoms with Crippen molar-refractivity contribution in [2.45, 2.75) is 65.2 Å². The fourth-order valence-electron chi connectivity index (χ4n) is 2.79. The van der Waals surface area contributed by atoms with E-state index >= 15 is 0 Å². The fraction of sp³-hybridized carbons (Fsp3) is 0.455. The molecule has 130 valence electrons. The molecule has 0 aromatic heterocycles. The highest BCUT2D eigenvalue weighted by Crippen LogP contribution is 2.29. The summed E-state index contributed by atoms with van der Waals surface area (Å²) in [5, 5.41) is 20.0. The number of hydrogen-bond donors (Lipinski definition) is 2. The van der Waals surface area contributed by atoms with Crippen molar-refractivity contribution < 1.29 is 10.2 Å². The second kappa shape index (κ2) is 6.51. The van der Waals surface area contributed by atoms with Gasteiger partial charge in [-0.15, -0.1) is 0 Å². The molecule has 0 saturated heterocycles. The van der Waals surface area contributed by atoms with Crippen LogP contribution in [0.5, 0.6) is 11.5 Å². The SMILES string of the molecule is CC(C)(C)c1cc(O)cc(CCc2cc(O)cc(C(C)(C)C)c2)c1. The first-order valence-electron chi connectivity index (χ1n) is 8.62. The number of phenolic OH excluding ortho intramolecular Hbond substituents is 2. The van der Waals surface area contributed by atoms with E-state index in [0.29, 0.717) is 11.5 Å². The molecule has 2 N–H and O–H groups in total. The first-order chi connectivity index (χ1) is 10.9. The van der Waals surface area contributed by atoms with Gasteiger partial charge in [-0.1, -0.05) is 53.7 Å².